The molecule has 15 heavy (non-hydrogen) atoms. The number of anilines is 1. The number of hydrogen-bond acceptors (Lipinski definition) is 4. The number of amides is 1. The second kappa shape index (κ2) is 4.20. The summed E-state index contributed by atoms with van der Waals surface area (Å²) in [6.45, 7) is -0.0613. The number of halogens is 3. The lowest BCUT2D eigenvalue weighted by Crippen LogP contribution is -2.23. The van der Waals surface area contributed by atoms with Crippen molar-refractivity contribution in [2.75, 3.05) is 11.9 Å². The van der Waals surface area contributed by atoms with Crippen LogP contribution in [0.1, 0.15) is 5.69 Å². The molecule has 0 aromatic carbocycles. The minimum absolute atomic E-state index is 0.209. The van der Waals surface area contributed by atoms with E-state index in [0.717, 1.165) is 0 Å². The molecule has 84 valence electrons. The molecule has 5 nitrogen and oxygen atoms in total. The topological polar surface area (TPSA) is 64.4 Å². The van der Waals surface area contributed by atoms with E-state index in [0.29, 0.717) is 5.69 Å². The van der Waals surface area contributed by atoms with Crippen LogP contribution in [-0.2, 0) is 4.74 Å². The molecule has 1 aromatic heterocycles. The van der Waals surface area contributed by atoms with Crippen LogP contribution in [-0.4, -0.2) is 23.9 Å². The quantitative estimate of drug-likeness (QED) is 0.835. The van der Waals surface area contributed by atoms with Gasteiger partial charge < -0.3 is 9.15 Å². The van der Waals surface area contributed by atoms with Crippen molar-refractivity contribution >= 4 is 12.1 Å². The molecule has 0 spiro atoms. The van der Waals surface area contributed by atoms with Gasteiger partial charge in [0.15, 0.2) is 6.61 Å². The van der Waals surface area contributed by atoms with E-state index in [1.165, 1.54) is 6.26 Å². The van der Waals surface area contributed by atoms with E-state index in [1.54, 1.807) is 6.92 Å². The smallest absolute Gasteiger partial charge is 0.422 e. The Balaban J connectivity index is 2.37. The highest BCUT2D eigenvalue weighted by atomic mass is 19.4. The third-order valence-corrected chi connectivity index (χ3v) is 1.19. The number of aromatic nitrogens is 1. The van der Waals surface area contributed by atoms with E-state index >= 15 is 0 Å². The molecule has 0 saturated heterocycles. The van der Waals surface area contributed by atoms with Gasteiger partial charge in [-0.05, 0) is 6.92 Å². The number of rotatable bonds is 2. The number of ether oxygens (including phenoxy) is 1. The van der Waals surface area contributed by atoms with Gasteiger partial charge in [-0.1, -0.05) is 0 Å². The fraction of sp³-hybridized carbons (Fsp3) is 0.429. The number of nitrogens with zero attached hydrogens (tertiary/aromatic N) is 1. The van der Waals surface area contributed by atoms with Crippen LogP contribution in [0.5, 0.6) is 0 Å². The van der Waals surface area contributed by atoms with E-state index in [-0.39, 0.29) is 6.01 Å². The van der Waals surface area contributed by atoms with Gasteiger partial charge in [0, 0.05) is 0 Å². The monoisotopic (exact) mass is 224 g/mol. The van der Waals surface area contributed by atoms with E-state index in [1.807, 2.05) is 5.32 Å². The zero-order chi connectivity index (χ0) is 11.5. The van der Waals surface area contributed by atoms with Crippen molar-refractivity contribution in [1.82, 2.24) is 4.98 Å². The van der Waals surface area contributed by atoms with Crippen molar-refractivity contribution in [1.29, 1.82) is 0 Å². The number of hydrogen-bond donors (Lipinski definition) is 1. The summed E-state index contributed by atoms with van der Waals surface area (Å²) in [5, 5.41) is 1.90. The van der Waals surface area contributed by atoms with Gasteiger partial charge in [-0.3, -0.25) is 0 Å². The number of nitrogens with one attached hydrogen (secondary N) is 1. The van der Waals surface area contributed by atoms with Gasteiger partial charge in [0.2, 0.25) is 0 Å². The summed E-state index contributed by atoms with van der Waals surface area (Å²) in [6.07, 6.45) is -4.59. The highest BCUT2D eigenvalue weighted by molar-refractivity contribution is 5.81. The Bertz CT molecular complexity index is 347. The highest BCUT2D eigenvalue weighted by Gasteiger charge is 2.29. The van der Waals surface area contributed by atoms with Crippen LogP contribution >= 0.6 is 0 Å². The molecule has 8 heteroatoms. The molecule has 0 saturated carbocycles. The third-order valence-electron chi connectivity index (χ3n) is 1.19. The molecular formula is C7H7F3N2O3. The molecule has 1 amide bonds. The first-order valence-corrected chi connectivity index (χ1v) is 3.79. The van der Waals surface area contributed by atoms with Gasteiger partial charge in [-0.15, -0.1) is 0 Å². The second-order valence-corrected chi connectivity index (χ2v) is 2.61. The van der Waals surface area contributed by atoms with Crippen LogP contribution in [0.4, 0.5) is 24.0 Å². The van der Waals surface area contributed by atoms with Gasteiger partial charge in [-0.2, -0.15) is 18.2 Å². The van der Waals surface area contributed by atoms with Gasteiger partial charge in [0.25, 0.3) is 0 Å². The first kappa shape index (κ1) is 11.3. The lowest BCUT2D eigenvalue weighted by Gasteiger charge is -2.06. The maximum absolute atomic E-state index is 11.6. The van der Waals surface area contributed by atoms with Gasteiger partial charge in [0.1, 0.15) is 6.26 Å². The van der Waals surface area contributed by atoms with Crippen LogP contribution in [0, 0.1) is 6.92 Å². The summed E-state index contributed by atoms with van der Waals surface area (Å²) < 4.78 is 43.4. The molecule has 0 aliphatic carbocycles. The van der Waals surface area contributed by atoms with Gasteiger partial charge in [-0.25, -0.2) is 10.1 Å². The molecule has 1 aromatic rings. The molecule has 0 aliphatic rings. The van der Waals surface area contributed by atoms with E-state index < -0.39 is 18.9 Å². The largest absolute Gasteiger partial charge is 0.440 e. The average Bonchev–Trinajstić information content (AvgIpc) is 2.47. The number of oxazole rings is 1. The fourth-order valence-electron chi connectivity index (χ4n) is 0.682. The lowest BCUT2D eigenvalue weighted by molar-refractivity contribution is -0.159. The van der Waals surface area contributed by atoms with Crippen molar-refractivity contribution in [3.8, 4) is 0 Å². The van der Waals surface area contributed by atoms with E-state index in [2.05, 4.69) is 14.1 Å². The second-order valence-electron chi connectivity index (χ2n) is 2.61. The van der Waals surface area contributed by atoms with E-state index in [9.17, 15) is 18.0 Å². The zero-order valence-electron chi connectivity index (χ0n) is 7.59. The molecule has 0 fully saturated rings. The molecule has 1 N–H and O–H groups in total. The molecule has 0 radical (unpaired) electrons. The zero-order valence-corrected chi connectivity index (χ0v) is 7.59. The molecule has 0 aliphatic heterocycles. The molecule has 0 unspecified atom stereocenters. The van der Waals surface area contributed by atoms with Crippen LogP contribution in [0.3, 0.4) is 0 Å². The number of alkyl halides is 3. The standard InChI is InChI=1S/C7H7F3N2O3/c1-4-2-14-5(11-4)12-6(13)15-3-7(8,9)10/h2H,3H2,1H3,(H,11,12,13). The summed E-state index contributed by atoms with van der Waals surface area (Å²) in [4.78, 5) is 14.4. The maximum atomic E-state index is 11.6. The fourth-order valence-corrected chi connectivity index (χ4v) is 0.682. The summed E-state index contributed by atoms with van der Waals surface area (Å²) in [5.41, 5.74) is 0.487. The Morgan fingerprint density at radius 2 is 2.33 bits per heavy atom. The normalized spacial score (nSPS) is 11.2. The molecule has 1 heterocycles. The number of aryl methyl sites for hydroxylation is 1. The summed E-state index contributed by atoms with van der Waals surface area (Å²) >= 11 is 0. The Hall–Kier alpha value is -1.73. The van der Waals surface area contributed by atoms with Crippen molar-refractivity contribution in [3.05, 3.63) is 12.0 Å². The maximum Gasteiger partial charge on any atom is 0.422 e. The Labute approximate surface area is 82.2 Å². The predicted octanol–water partition coefficient (Wildman–Crippen LogP) is 2.09. The Morgan fingerprint density at radius 1 is 1.67 bits per heavy atom. The lowest BCUT2D eigenvalue weighted by atomic mass is 10.6. The molecule has 1 rings (SSSR count). The minimum Gasteiger partial charge on any atom is -0.440 e. The van der Waals surface area contributed by atoms with E-state index in [4.69, 9.17) is 0 Å². The SMILES string of the molecule is Cc1coc(NC(=O)OCC(F)(F)F)n1. The Morgan fingerprint density at radius 3 is 2.80 bits per heavy atom. The first-order chi connectivity index (χ1) is 6.87. The van der Waals surface area contributed by atoms with Crippen LogP contribution in [0.2, 0.25) is 0 Å². The van der Waals surface area contributed by atoms with Gasteiger partial charge >= 0.3 is 18.3 Å². The summed E-state index contributed by atoms with van der Waals surface area (Å²) in [7, 11) is 0. The first-order valence-electron chi connectivity index (χ1n) is 3.79. The number of carbonyl (C=O) groups is 1. The van der Waals surface area contributed by atoms with Crippen molar-refractivity contribution < 1.29 is 27.1 Å². The van der Waals surface area contributed by atoms with Gasteiger partial charge in [0.05, 0.1) is 5.69 Å². The average molecular weight is 224 g/mol. The van der Waals surface area contributed by atoms with Crippen LogP contribution in [0.25, 0.3) is 0 Å². The highest BCUT2D eigenvalue weighted by Crippen LogP contribution is 2.15. The number of carbonyl (C=O) groups excluding carboxylic acids is 1. The molecular weight excluding hydrogens is 217 g/mol. The molecule has 0 atom stereocenters. The third kappa shape index (κ3) is 4.34. The summed E-state index contributed by atoms with van der Waals surface area (Å²) in [5.74, 6) is 0. The van der Waals surface area contributed by atoms with Crippen molar-refractivity contribution in [3.63, 3.8) is 0 Å². The predicted molar refractivity (Wildman–Crippen MR) is 42.3 cm³/mol. The van der Waals surface area contributed by atoms with Crippen LogP contribution < -0.4 is 5.32 Å². The minimum atomic E-state index is -4.55. The Kier molecular flexibility index (Phi) is 3.17. The van der Waals surface area contributed by atoms with Crippen molar-refractivity contribution in [2.45, 2.75) is 13.1 Å². The summed E-state index contributed by atoms with van der Waals surface area (Å²) in [6, 6.07) is -0.209. The van der Waals surface area contributed by atoms with Crippen molar-refractivity contribution in [2.24, 2.45) is 0 Å². The molecule has 0 bridgehead atoms. The van der Waals surface area contributed by atoms with Crippen LogP contribution in [0.15, 0.2) is 10.7 Å².